The molecule has 0 saturated carbocycles. The largest absolute Gasteiger partial charge is 0.480 e. The monoisotopic (exact) mass is 264 g/mol. The molecule has 0 aliphatic carbocycles. The van der Waals surface area contributed by atoms with Gasteiger partial charge in [0.15, 0.2) is 0 Å². The average molecular weight is 264 g/mol. The molecule has 1 aromatic rings. The third kappa shape index (κ3) is 5.07. The van der Waals surface area contributed by atoms with Gasteiger partial charge in [0, 0.05) is 18.8 Å². The number of hydrogen-bond donors (Lipinski definition) is 2. The lowest BCUT2D eigenvalue weighted by atomic mass is 9.99. The molecule has 0 aliphatic rings. The lowest BCUT2D eigenvalue weighted by Crippen LogP contribution is -2.45. The van der Waals surface area contributed by atoms with E-state index in [4.69, 9.17) is 5.11 Å². The number of aryl methyl sites for hydroxylation is 1. The van der Waals surface area contributed by atoms with Crippen molar-refractivity contribution in [3.05, 3.63) is 30.1 Å². The molecule has 2 N–H and O–H groups in total. The van der Waals surface area contributed by atoms with Crippen molar-refractivity contribution in [2.24, 2.45) is 5.92 Å². The molecule has 0 aromatic carbocycles. The van der Waals surface area contributed by atoms with Crippen LogP contribution in [-0.2, 0) is 16.0 Å². The summed E-state index contributed by atoms with van der Waals surface area (Å²) < 4.78 is 0. The van der Waals surface area contributed by atoms with Crippen LogP contribution in [-0.4, -0.2) is 28.0 Å². The van der Waals surface area contributed by atoms with Gasteiger partial charge in [-0.25, -0.2) is 4.79 Å². The summed E-state index contributed by atoms with van der Waals surface area (Å²) in [6, 6.07) is 2.88. The number of pyridine rings is 1. The average Bonchev–Trinajstić information content (AvgIpc) is 2.42. The topological polar surface area (TPSA) is 79.3 Å². The van der Waals surface area contributed by atoms with Gasteiger partial charge in [0.25, 0.3) is 0 Å². The number of carbonyl (C=O) groups excluding carboxylic acids is 1. The Hall–Kier alpha value is -1.91. The van der Waals surface area contributed by atoms with E-state index in [0.29, 0.717) is 12.8 Å². The summed E-state index contributed by atoms with van der Waals surface area (Å²) in [6.07, 6.45) is 4.92. The van der Waals surface area contributed by atoms with E-state index in [1.165, 1.54) is 0 Å². The van der Waals surface area contributed by atoms with Crippen molar-refractivity contribution in [1.29, 1.82) is 0 Å². The summed E-state index contributed by atoms with van der Waals surface area (Å²) in [6.45, 7) is 3.73. The Bertz CT molecular complexity index is 420. The Morgan fingerprint density at radius 3 is 2.53 bits per heavy atom. The van der Waals surface area contributed by atoms with E-state index in [2.05, 4.69) is 10.3 Å². The fraction of sp³-hybridized carbons (Fsp3) is 0.500. The molecule has 0 saturated heterocycles. The summed E-state index contributed by atoms with van der Waals surface area (Å²) in [4.78, 5) is 26.7. The molecule has 0 aliphatic heterocycles. The molecule has 1 unspecified atom stereocenters. The molecule has 5 nitrogen and oxygen atoms in total. The van der Waals surface area contributed by atoms with Gasteiger partial charge in [0.1, 0.15) is 6.04 Å². The summed E-state index contributed by atoms with van der Waals surface area (Å²) >= 11 is 0. The van der Waals surface area contributed by atoms with Crippen LogP contribution in [0.4, 0.5) is 0 Å². The molecule has 19 heavy (non-hydrogen) atoms. The number of carboxylic acid groups (broad SMARTS) is 1. The Balaban J connectivity index is 2.47. The van der Waals surface area contributed by atoms with Crippen LogP contribution < -0.4 is 5.32 Å². The maximum Gasteiger partial charge on any atom is 0.326 e. The van der Waals surface area contributed by atoms with E-state index >= 15 is 0 Å². The van der Waals surface area contributed by atoms with Crippen LogP contribution in [0.2, 0.25) is 0 Å². The van der Waals surface area contributed by atoms with Gasteiger partial charge in [-0.15, -0.1) is 0 Å². The van der Waals surface area contributed by atoms with Crippen molar-refractivity contribution in [3.8, 4) is 0 Å². The van der Waals surface area contributed by atoms with E-state index in [0.717, 1.165) is 5.56 Å². The van der Waals surface area contributed by atoms with E-state index < -0.39 is 12.0 Å². The van der Waals surface area contributed by atoms with Gasteiger partial charge >= 0.3 is 5.97 Å². The number of carbonyl (C=O) groups is 2. The second-order valence-electron chi connectivity index (χ2n) is 4.62. The van der Waals surface area contributed by atoms with Gasteiger partial charge in [0.2, 0.25) is 5.91 Å². The van der Waals surface area contributed by atoms with Gasteiger partial charge in [-0.05, 0) is 30.0 Å². The van der Waals surface area contributed by atoms with Gasteiger partial charge in [-0.1, -0.05) is 20.3 Å². The maximum absolute atomic E-state index is 11.8. The highest BCUT2D eigenvalue weighted by Gasteiger charge is 2.24. The molecule has 1 rings (SSSR count). The van der Waals surface area contributed by atoms with Gasteiger partial charge in [-0.2, -0.15) is 0 Å². The van der Waals surface area contributed by atoms with Crippen LogP contribution in [0.5, 0.6) is 0 Å². The Kier molecular flexibility index (Phi) is 5.99. The van der Waals surface area contributed by atoms with Crippen molar-refractivity contribution in [1.82, 2.24) is 10.3 Å². The third-order valence-corrected chi connectivity index (χ3v) is 3.19. The van der Waals surface area contributed by atoms with Crippen LogP contribution in [0.3, 0.4) is 0 Å². The number of nitrogens with one attached hydrogen (secondary N) is 1. The Morgan fingerprint density at radius 2 is 2.00 bits per heavy atom. The first-order valence-electron chi connectivity index (χ1n) is 6.45. The highest BCUT2D eigenvalue weighted by atomic mass is 16.4. The highest BCUT2D eigenvalue weighted by Crippen LogP contribution is 2.09. The fourth-order valence-corrected chi connectivity index (χ4v) is 1.74. The van der Waals surface area contributed by atoms with Crippen LogP contribution in [0, 0.1) is 5.92 Å². The summed E-state index contributed by atoms with van der Waals surface area (Å²) in [5.41, 5.74) is 1.01. The second-order valence-corrected chi connectivity index (χ2v) is 4.62. The SMILES string of the molecule is CCC(C)[C@H](NC(=O)CCc1ccncc1)C(=O)O. The number of aromatic nitrogens is 1. The predicted octanol–water partition coefficient (Wildman–Crippen LogP) is 1.63. The smallest absolute Gasteiger partial charge is 0.326 e. The lowest BCUT2D eigenvalue weighted by molar-refractivity contribution is -0.143. The van der Waals surface area contributed by atoms with Crippen molar-refractivity contribution >= 4 is 11.9 Å². The van der Waals surface area contributed by atoms with E-state index in [9.17, 15) is 9.59 Å². The van der Waals surface area contributed by atoms with E-state index in [-0.39, 0.29) is 18.2 Å². The van der Waals surface area contributed by atoms with Crippen molar-refractivity contribution in [2.75, 3.05) is 0 Å². The summed E-state index contributed by atoms with van der Waals surface area (Å²) in [7, 11) is 0. The van der Waals surface area contributed by atoms with Crippen LogP contribution in [0.25, 0.3) is 0 Å². The Morgan fingerprint density at radius 1 is 1.37 bits per heavy atom. The van der Waals surface area contributed by atoms with Crippen LogP contribution in [0.1, 0.15) is 32.3 Å². The molecular weight excluding hydrogens is 244 g/mol. The normalized spacial score (nSPS) is 13.6. The molecule has 1 heterocycles. The third-order valence-electron chi connectivity index (χ3n) is 3.19. The molecular formula is C14H20N2O3. The van der Waals surface area contributed by atoms with E-state index in [1.807, 2.05) is 26.0 Å². The van der Waals surface area contributed by atoms with Crippen molar-refractivity contribution in [3.63, 3.8) is 0 Å². The quantitative estimate of drug-likeness (QED) is 0.784. The molecule has 0 bridgehead atoms. The number of hydrogen-bond acceptors (Lipinski definition) is 3. The molecule has 0 fully saturated rings. The maximum atomic E-state index is 11.8. The minimum Gasteiger partial charge on any atom is -0.480 e. The summed E-state index contributed by atoms with van der Waals surface area (Å²) in [5.74, 6) is -1.29. The predicted molar refractivity (Wildman–Crippen MR) is 71.6 cm³/mol. The minimum absolute atomic E-state index is 0.0811. The van der Waals surface area contributed by atoms with E-state index in [1.54, 1.807) is 12.4 Å². The number of amides is 1. The number of rotatable bonds is 7. The second kappa shape index (κ2) is 7.51. The van der Waals surface area contributed by atoms with Crippen molar-refractivity contribution < 1.29 is 14.7 Å². The minimum atomic E-state index is -0.980. The van der Waals surface area contributed by atoms with Crippen LogP contribution >= 0.6 is 0 Å². The fourth-order valence-electron chi connectivity index (χ4n) is 1.74. The number of carboxylic acids is 1. The Labute approximate surface area is 113 Å². The first-order valence-corrected chi connectivity index (χ1v) is 6.45. The molecule has 1 aromatic heterocycles. The summed E-state index contributed by atoms with van der Waals surface area (Å²) in [5, 5.41) is 11.7. The molecule has 0 spiro atoms. The standard InChI is InChI=1S/C14H20N2O3/c1-3-10(2)13(14(18)19)16-12(17)5-4-11-6-8-15-9-7-11/h6-10,13H,3-5H2,1-2H3,(H,16,17)(H,18,19)/t10?,13-/m0/s1. The molecule has 104 valence electrons. The number of nitrogens with zero attached hydrogens (tertiary/aromatic N) is 1. The zero-order valence-electron chi connectivity index (χ0n) is 11.3. The molecule has 2 atom stereocenters. The van der Waals surface area contributed by atoms with Crippen molar-refractivity contribution in [2.45, 2.75) is 39.2 Å². The zero-order valence-corrected chi connectivity index (χ0v) is 11.3. The van der Waals surface area contributed by atoms with Crippen LogP contribution in [0.15, 0.2) is 24.5 Å². The zero-order chi connectivity index (χ0) is 14.3. The van der Waals surface area contributed by atoms with Gasteiger partial charge in [-0.3, -0.25) is 9.78 Å². The van der Waals surface area contributed by atoms with Gasteiger partial charge in [0.05, 0.1) is 0 Å². The molecule has 1 amide bonds. The number of aliphatic carboxylic acids is 1. The molecule has 5 heteroatoms. The first kappa shape index (κ1) is 15.1. The lowest BCUT2D eigenvalue weighted by Gasteiger charge is -2.20. The molecule has 0 radical (unpaired) electrons. The first-order chi connectivity index (χ1) is 9.04. The highest BCUT2D eigenvalue weighted by molar-refractivity contribution is 5.83. The van der Waals surface area contributed by atoms with Gasteiger partial charge < -0.3 is 10.4 Å².